The largest absolute Gasteiger partial charge is 0.446 e. The van der Waals surface area contributed by atoms with Crippen molar-refractivity contribution in [2.45, 2.75) is 77.2 Å². The Balaban J connectivity index is 1.36. The van der Waals surface area contributed by atoms with E-state index in [-0.39, 0.29) is 59.2 Å². The van der Waals surface area contributed by atoms with Gasteiger partial charge >= 0.3 is 0 Å². The van der Waals surface area contributed by atoms with E-state index in [2.05, 4.69) is 36.3 Å². The molecule has 1 aromatic carbocycles. The number of hydrogen-bond donors (Lipinski definition) is 4. The van der Waals surface area contributed by atoms with Crippen LogP contribution in [0.1, 0.15) is 100 Å². The van der Waals surface area contributed by atoms with Crippen molar-refractivity contribution >= 4 is 41.1 Å². The predicted molar refractivity (Wildman–Crippen MR) is 185 cm³/mol. The molecule has 4 aromatic rings. The number of halogens is 1. The quantitative estimate of drug-likeness (QED) is 0.228. The highest BCUT2D eigenvalue weighted by atomic mass is 35.5. The van der Waals surface area contributed by atoms with Crippen molar-refractivity contribution in [1.29, 1.82) is 0 Å². The Morgan fingerprint density at radius 3 is 2.37 bits per heavy atom. The zero-order valence-corrected chi connectivity index (χ0v) is 30.1. The first kappa shape index (κ1) is 36.3. The highest BCUT2D eigenvalue weighted by molar-refractivity contribution is 6.34. The van der Waals surface area contributed by atoms with Gasteiger partial charge in [0.15, 0.2) is 17.1 Å². The summed E-state index contributed by atoms with van der Waals surface area (Å²) < 4.78 is 12.9. The zero-order valence-electron chi connectivity index (χ0n) is 29.3. The van der Waals surface area contributed by atoms with Crippen LogP contribution >= 0.6 is 11.6 Å². The van der Waals surface area contributed by atoms with E-state index < -0.39 is 59.7 Å². The first-order chi connectivity index (χ1) is 24.8. The Morgan fingerprint density at radius 2 is 1.67 bits per heavy atom. The first-order valence-corrected chi connectivity index (χ1v) is 17.3. The van der Waals surface area contributed by atoms with Gasteiger partial charge < -0.3 is 35.0 Å². The van der Waals surface area contributed by atoms with Crippen molar-refractivity contribution in [2.75, 3.05) is 6.54 Å². The molecular weight excluding hydrogens is 694 g/mol. The lowest BCUT2D eigenvalue weighted by Gasteiger charge is -2.25. The van der Waals surface area contributed by atoms with E-state index in [9.17, 15) is 24.0 Å². The number of carbonyl (C=O) groups is 5. The molecule has 0 radical (unpaired) electrons. The molecule has 52 heavy (non-hydrogen) atoms. The van der Waals surface area contributed by atoms with E-state index in [1.807, 2.05) is 44.2 Å². The van der Waals surface area contributed by atoms with Crippen molar-refractivity contribution in [2.24, 2.45) is 13.0 Å². The van der Waals surface area contributed by atoms with Crippen LogP contribution in [0.15, 0.2) is 51.7 Å². The molecule has 4 N–H and O–H groups in total. The fourth-order valence-electron chi connectivity index (χ4n) is 6.31. The van der Waals surface area contributed by atoms with Crippen LogP contribution in [0.3, 0.4) is 0 Å². The molecule has 17 heteroatoms. The van der Waals surface area contributed by atoms with Crippen LogP contribution in [0.4, 0.5) is 0 Å². The van der Waals surface area contributed by atoms with Crippen molar-refractivity contribution in [1.82, 2.24) is 45.9 Å². The molecule has 2 aliphatic heterocycles. The van der Waals surface area contributed by atoms with Crippen LogP contribution in [0, 0.1) is 12.8 Å². The minimum Gasteiger partial charge on any atom is -0.446 e. The number of hydrogen-bond acceptors (Lipinski definition) is 10. The Bertz CT molecular complexity index is 1990. The summed E-state index contributed by atoms with van der Waals surface area (Å²) in [5, 5.41) is 15.8. The number of amides is 5. The monoisotopic (exact) mass is 733 g/mol. The number of aromatic nitrogens is 4. The van der Waals surface area contributed by atoms with Gasteiger partial charge in [-0.25, -0.2) is 9.97 Å². The molecule has 0 spiro atoms. The molecule has 5 amide bonds. The minimum atomic E-state index is -1.08. The fourth-order valence-corrected chi connectivity index (χ4v) is 6.55. The highest BCUT2D eigenvalue weighted by Gasteiger charge is 2.43. The molecule has 1 saturated heterocycles. The van der Waals surface area contributed by atoms with E-state index in [0.29, 0.717) is 12.1 Å². The van der Waals surface area contributed by atoms with E-state index in [4.69, 9.17) is 20.4 Å². The van der Waals surface area contributed by atoms with E-state index in [1.165, 1.54) is 15.8 Å². The molecule has 3 aromatic heterocycles. The summed E-state index contributed by atoms with van der Waals surface area (Å²) in [6.45, 7) is 7.14. The number of fused-ring (bicyclic) bond motifs is 5. The number of benzene rings is 1. The summed E-state index contributed by atoms with van der Waals surface area (Å²) in [6.07, 6.45) is 2.92. The zero-order chi connectivity index (χ0) is 37.3. The molecule has 0 saturated carbocycles. The van der Waals surface area contributed by atoms with Gasteiger partial charge in [0.1, 0.15) is 36.7 Å². The van der Waals surface area contributed by atoms with Gasteiger partial charge in [-0.3, -0.25) is 28.7 Å². The van der Waals surface area contributed by atoms with Crippen LogP contribution in [0.2, 0.25) is 5.02 Å². The lowest BCUT2D eigenvalue weighted by molar-refractivity contribution is -0.126. The first-order valence-electron chi connectivity index (χ1n) is 17.0. The average molecular weight is 734 g/mol. The molecule has 4 bridgehead atoms. The van der Waals surface area contributed by atoms with Crippen LogP contribution in [0.25, 0.3) is 0 Å². The van der Waals surface area contributed by atoms with Crippen molar-refractivity contribution < 1.29 is 32.8 Å². The van der Waals surface area contributed by atoms with Gasteiger partial charge in [-0.1, -0.05) is 55.8 Å². The second-order valence-corrected chi connectivity index (χ2v) is 13.9. The van der Waals surface area contributed by atoms with Gasteiger partial charge in [-0.2, -0.15) is 5.10 Å². The Morgan fingerprint density at radius 1 is 0.981 bits per heavy atom. The summed E-state index contributed by atoms with van der Waals surface area (Å²) in [5.41, 5.74) is 1.27. The maximum atomic E-state index is 14.2. The third-order valence-electron chi connectivity index (χ3n) is 9.13. The second kappa shape index (κ2) is 15.0. The van der Waals surface area contributed by atoms with Crippen molar-refractivity contribution in [3.63, 3.8) is 0 Å². The molecule has 2 aliphatic rings. The van der Waals surface area contributed by atoms with Gasteiger partial charge in [0.05, 0.1) is 10.7 Å². The van der Waals surface area contributed by atoms with Gasteiger partial charge in [0.2, 0.25) is 23.6 Å². The number of nitrogens with one attached hydrogen (secondary N) is 4. The number of oxazole rings is 2. The number of aryl methyl sites for hydroxylation is 1. The van der Waals surface area contributed by atoms with E-state index >= 15 is 0 Å². The van der Waals surface area contributed by atoms with Gasteiger partial charge in [0.25, 0.3) is 17.7 Å². The fraction of sp³-hybridized carbons (Fsp3) is 0.429. The molecule has 1 fully saturated rings. The molecule has 5 atom stereocenters. The molecule has 0 unspecified atom stereocenters. The molecule has 6 rings (SSSR count). The minimum absolute atomic E-state index is 0.0178. The number of rotatable bonds is 6. The number of carbonyl (C=O) groups excluding carboxylic acids is 5. The van der Waals surface area contributed by atoms with Gasteiger partial charge in [-0.05, 0) is 38.2 Å². The summed E-state index contributed by atoms with van der Waals surface area (Å²) in [4.78, 5) is 78.5. The molecule has 0 aliphatic carbocycles. The Hall–Kier alpha value is -5.51. The lowest BCUT2D eigenvalue weighted by Crippen LogP contribution is -2.48. The lowest BCUT2D eigenvalue weighted by atomic mass is 10.0. The Kier molecular flexibility index (Phi) is 10.5. The van der Waals surface area contributed by atoms with Gasteiger partial charge in [-0.15, -0.1) is 0 Å². The second-order valence-electron chi connectivity index (χ2n) is 13.5. The summed E-state index contributed by atoms with van der Waals surface area (Å²) >= 11 is 6.37. The van der Waals surface area contributed by atoms with Crippen LogP contribution in [-0.2, 0) is 23.1 Å². The predicted octanol–water partition coefficient (Wildman–Crippen LogP) is 2.81. The van der Waals surface area contributed by atoms with Crippen LogP contribution < -0.4 is 21.3 Å². The number of nitrogens with zero attached hydrogens (tertiary/aromatic N) is 5. The molecule has 274 valence electrons. The third kappa shape index (κ3) is 7.71. The van der Waals surface area contributed by atoms with Gasteiger partial charge in [0, 0.05) is 26.1 Å². The van der Waals surface area contributed by atoms with E-state index in [1.54, 1.807) is 20.9 Å². The summed E-state index contributed by atoms with van der Waals surface area (Å²) in [6, 6.07) is 4.94. The smallest absolute Gasteiger partial charge is 0.276 e. The maximum absolute atomic E-state index is 14.2. The topological polar surface area (TPSA) is 207 Å². The Labute approximate surface area is 304 Å². The average Bonchev–Trinajstić information content (AvgIpc) is 3.92. The van der Waals surface area contributed by atoms with Crippen LogP contribution in [-0.4, -0.2) is 78.9 Å². The summed E-state index contributed by atoms with van der Waals surface area (Å²) in [5.74, 6) is -2.73. The van der Waals surface area contributed by atoms with Crippen molar-refractivity contribution in [3.05, 3.63) is 88.0 Å². The highest BCUT2D eigenvalue weighted by Crippen LogP contribution is 2.26. The molecular formula is C35H40ClN9O7. The standard InChI is InChI=1S/C35H40ClN9O7/c1-17(2)11-22-29(46)37-18(3)33-42-25(16-51-33)35(50)45-14-21(38-32(49)28-27(36)19(4)44(5)43-28)13-26(45)31(48)40-23(12-20-9-7-6-8-10-20)34-41-24(15-52-34)30(47)39-22/h6-10,15-18,21-23,26H,11-14H2,1-5H3,(H,37,46)(H,38,49)(H,39,47)(H,40,48)/t18-,21+,22-,23+,26+/m1/s1. The molecule has 16 nitrogen and oxygen atoms in total. The van der Waals surface area contributed by atoms with Crippen LogP contribution in [0.5, 0.6) is 0 Å². The summed E-state index contributed by atoms with van der Waals surface area (Å²) in [7, 11) is 1.66. The van der Waals surface area contributed by atoms with Crippen molar-refractivity contribution in [3.8, 4) is 0 Å². The third-order valence-corrected chi connectivity index (χ3v) is 9.58. The maximum Gasteiger partial charge on any atom is 0.276 e. The normalized spacial score (nSPS) is 22.7. The molecule has 5 heterocycles. The SMILES string of the molecule is Cc1c(Cl)c(C(=O)N[C@H]2C[C@H]3C(=O)N[C@@H](Cc4ccccc4)c4nc(co4)C(=O)N[C@H](CC(C)C)C(=O)N[C@H](C)c4nc(co4)C(=O)N3C2)nn1C. The van der Waals surface area contributed by atoms with E-state index in [0.717, 1.165) is 11.8 Å².